The first-order chi connectivity index (χ1) is 11.6. The lowest BCUT2D eigenvalue weighted by Gasteiger charge is -2.11. The summed E-state index contributed by atoms with van der Waals surface area (Å²) in [7, 11) is 1.68. The summed E-state index contributed by atoms with van der Waals surface area (Å²) in [4.78, 5) is 4.84. The van der Waals surface area contributed by atoms with Crippen LogP contribution in [0.5, 0.6) is 5.75 Å². The number of nitrogens with one attached hydrogen (secondary N) is 1. The van der Waals surface area contributed by atoms with E-state index in [1.165, 1.54) is 5.56 Å². The number of fused-ring (bicyclic) bond motifs is 1. The van der Waals surface area contributed by atoms with Gasteiger partial charge in [0.1, 0.15) is 22.9 Å². The molecule has 126 valence electrons. The van der Waals surface area contributed by atoms with Gasteiger partial charge < -0.3 is 10.1 Å². The third-order valence-corrected chi connectivity index (χ3v) is 4.14. The number of nitrogens with zero attached hydrogens (tertiary/aromatic N) is 2. The Labute approximate surface area is 143 Å². The summed E-state index contributed by atoms with van der Waals surface area (Å²) in [5.74, 6) is 2.58. The smallest absolute Gasteiger partial charge is 0.139 e. The molecule has 0 fully saturated rings. The van der Waals surface area contributed by atoms with Crippen molar-refractivity contribution in [2.24, 2.45) is 5.92 Å². The molecule has 0 aliphatic heterocycles. The van der Waals surface area contributed by atoms with E-state index in [0.717, 1.165) is 41.4 Å². The van der Waals surface area contributed by atoms with Crippen molar-refractivity contribution in [2.45, 2.75) is 27.2 Å². The molecule has 0 unspecified atom stereocenters. The van der Waals surface area contributed by atoms with Gasteiger partial charge in [0.25, 0.3) is 0 Å². The van der Waals surface area contributed by atoms with Crippen LogP contribution in [0.2, 0.25) is 0 Å². The highest BCUT2D eigenvalue weighted by Crippen LogP contribution is 2.30. The number of imidazole rings is 1. The minimum Gasteiger partial charge on any atom is -0.497 e. The van der Waals surface area contributed by atoms with Gasteiger partial charge in [-0.05, 0) is 55.2 Å². The van der Waals surface area contributed by atoms with Gasteiger partial charge in [0.2, 0.25) is 0 Å². The Kier molecular flexibility index (Phi) is 4.74. The highest BCUT2D eigenvalue weighted by molar-refractivity contribution is 5.76. The number of hydrogen-bond donors (Lipinski definition) is 1. The predicted molar refractivity (Wildman–Crippen MR) is 99.9 cm³/mol. The Bertz CT molecular complexity index is 819. The number of rotatable bonds is 6. The van der Waals surface area contributed by atoms with Crippen LogP contribution in [0, 0.1) is 12.8 Å². The second-order valence-corrected chi connectivity index (χ2v) is 6.58. The maximum Gasteiger partial charge on any atom is 0.139 e. The molecule has 0 spiro atoms. The molecule has 0 amide bonds. The van der Waals surface area contributed by atoms with Crippen LogP contribution in [0.15, 0.2) is 42.6 Å². The number of hydrogen-bond acceptors (Lipinski definition) is 3. The van der Waals surface area contributed by atoms with Crippen LogP contribution < -0.4 is 10.1 Å². The van der Waals surface area contributed by atoms with Gasteiger partial charge in [0.15, 0.2) is 0 Å². The molecule has 4 heteroatoms. The van der Waals surface area contributed by atoms with Crippen molar-refractivity contribution in [1.29, 1.82) is 0 Å². The Morgan fingerprint density at radius 1 is 1.12 bits per heavy atom. The van der Waals surface area contributed by atoms with Crippen LogP contribution in [-0.4, -0.2) is 23.0 Å². The molecular formula is C20H25N3O. The summed E-state index contributed by atoms with van der Waals surface area (Å²) >= 11 is 0. The van der Waals surface area contributed by atoms with Gasteiger partial charge in [0.05, 0.1) is 7.11 Å². The number of benzene rings is 1. The molecule has 0 saturated heterocycles. The molecule has 0 bridgehead atoms. The Balaban J connectivity index is 2.04. The average molecular weight is 323 g/mol. The summed E-state index contributed by atoms with van der Waals surface area (Å²) in [6.45, 7) is 7.52. The van der Waals surface area contributed by atoms with Crippen LogP contribution in [-0.2, 0) is 0 Å². The maximum absolute atomic E-state index is 5.26. The molecule has 0 aliphatic rings. The number of methoxy groups -OCH3 is 1. The molecule has 3 rings (SSSR count). The van der Waals surface area contributed by atoms with Crippen molar-refractivity contribution in [3.63, 3.8) is 0 Å². The molecule has 2 aromatic heterocycles. The highest BCUT2D eigenvalue weighted by Gasteiger charge is 2.14. The second kappa shape index (κ2) is 6.95. The Morgan fingerprint density at radius 3 is 2.54 bits per heavy atom. The van der Waals surface area contributed by atoms with Gasteiger partial charge >= 0.3 is 0 Å². The Morgan fingerprint density at radius 2 is 1.88 bits per heavy atom. The topological polar surface area (TPSA) is 38.6 Å². The SMILES string of the molecule is COc1ccc(-c2nc3ccc(C)cn3c2NCCC(C)C)cc1. The first-order valence-electron chi connectivity index (χ1n) is 8.45. The van der Waals surface area contributed by atoms with E-state index in [1.807, 2.05) is 12.1 Å². The fraction of sp³-hybridized carbons (Fsp3) is 0.350. The van der Waals surface area contributed by atoms with Crippen LogP contribution in [0.1, 0.15) is 25.8 Å². The monoisotopic (exact) mass is 323 g/mol. The molecule has 3 aromatic rings. The van der Waals surface area contributed by atoms with Gasteiger partial charge in [-0.3, -0.25) is 4.40 Å². The van der Waals surface area contributed by atoms with Crippen LogP contribution >= 0.6 is 0 Å². The third-order valence-electron chi connectivity index (χ3n) is 4.14. The lowest BCUT2D eigenvalue weighted by atomic mass is 10.1. The van der Waals surface area contributed by atoms with Gasteiger partial charge in [-0.2, -0.15) is 0 Å². The van der Waals surface area contributed by atoms with Crippen molar-refractivity contribution in [2.75, 3.05) is 19.0 Å². The lowest BCUT2D eigenvalue weighted by molar-refractivity contribution is 0.415. The third kappa shape index (κ3) is 3.37. The number of anilines is 1. The van der Waals surface area contributed by atoms with E-state index >= 15 is 0 Å². The molecule has 0 saturated carbocycles. The summed E-state index contributed by atoms with van der Waals surface area (Å²) in [6, 6.07) is 12.2. The zero-order valence-electron chi connectivity index (χ0n) is 14.8. The normalized spacial score (nSPS) is 11.2. The zero-order chi connectivity index (χ0) is 17.1. The van der Waals surface area contributed by atoms with Crippen LogP contribution in [0.3, 0.4) is 0 Å². The Hall–Kier alpha value is -2.49. The van der Waals surface area contributed by atoms with Crippen molar-refractivity contribution >= 4 is 11.5 Å². The minimum atomic E-state index is 0.669. The van der Waals surface area contributed by atoms with Crippen molar-refractivity contribution in [3.05, 3.63) is 48.2 Å². The van der Waals surface area contributed by atoms with Crippen molar-refractivity contribution < 1.29 is 4.74 Å². The molecule has 0 aliphatic carbocycles. The maximum atomic E-state index is 5.26. The fourth-order valence-corrected chi connectivity index (χ4v) is 2.75. The summed E-state index contributed by atoms with van der Waals surface area (Å²) in [6.07, 6.45) is 3.26. The van der Waals surface area contributed by atoms with E-state index < -0.39 is 0 Å². The first-order valence-corrected chi connectivity index (χ1v) is 8.45. The van der Waals surface area contributed by atoms with Gasteiger partial charge in [-0.1, -0.05) is 19.9 Å². The molecular weight excluding hydrogens is 298 g/mol. The number of aromatic nitrogens is 2. The minimum absolute atomic E-state index is 0.669. The first kappa shape index (κ1) is 16.4. The van der Waals surface area contributed by atoms with E-state index in [2.05, 4.69) is 61.0 Å². The number of ether oxygens (including phenoxy) is 1. The molecule has 1 N–H and O–H groups in total. The average Bonchev–Trinajstić information content (AvgIpc) is 2.93. The number of pyridine rings is 1. The predicted octanol–water partition coefficient (Wildman–Crippen LogP) is 4.78. The molecule has 24 heavy (non-hydrogen) atoms. The molecule has 4 nitrogen and oxygen atoms in total. The highest BCUT2D eigenvalue weighted by atomic mass is 16.5. The van der Waals surface area contributed by atoms with Gasteiger partial charge in [-0.25, -0.2) is 4.98 Å². The van der Waals surface area contributed by atoms with Gasteiger partial charge in [0, 0.05) is 18.3 Å². The van der Waals surface area contributed by atoms with Crippen LogP contribution in [0.4, 0.5) is 5.82 Å². The molecule has 0 radical (unpaired) electrons. The second-order valence-electron chi connectivity index (χ2n) is 6.58. The lowest BCUT2D eigenvalue weighted by Crippen LogP contribution is -2.07. The summed E-state index contributed by atoms with van der Waals surface area (Å²) in [5.41, 5.74) is 4.24. The summed E-state index contributed by atoms with van der Waals surface area (Å²) in [5, 5.41) is 3.59. The molecule has 1 aromatic carbocycles. The zero-order valence-corrected chi connectivity index (χ0v) is 14.8. The van der Waals surface area contributed by atoms with E-state index in [4.69, 9.17) is 9.72 Å². The van der Waals surface area contributed by atoms with E-state index in [-0.39, 0.29) is 0 Å². The van der Waals surface area contributed by atoms with Gasteiger partial charge in [-0.15, -0.1) is 0 Å². The van der Waals surface area contributed by atoms with E-state index in [9.17, 15) is 0 Å². The summed E-state index contributed by atoms with van der Waals surface area (Å²) < 4.78 is 7.41. The fourth-order valence-electron chi connectivity index (χ4n) is 2.75. The van der Waals surface area contributed by atoms with Crippen molar-refractivity contribution in [1.82, 2.24) is 9.38 Å². The van der Waals surface area contributed by atoms with Crippen LogP contribution in [0.25, 0.3) is 16.9 Å². The standard InChI is InChI=1S/C20H25N3O/c1-14(2)11-12-21-20-19(16-6-8-17(24-4)9-7-16)22-18-10-5-15(3)13-23(18)20/h5-10,13-14,21H,11-12H2,1-4H3. The van der Waals surface area contributed by atoms with E-state index in [0.29, 0.717) is 5.92 Å². The quantitative estimate of drug-likeness (QED) is 0.710. The molecule has 2 heterocycles. The molecule has 0 atom stereocenters. The number of aryl methyl sites for hydroxylation is 1. The van der Waals surface area contributed by atoms with Crippen molar-refractivity contribution in [3.8, 4) is 17.0 Å². The largest absolute Gasteiger partial charge is 0.497 e. The van der Waals surface area contributed by atoms with E-state index in [1.54, 1.807) is 7.11 Å².